The number of alkyl halides is 1. The fourth-order valence-corrected chi connectivity index (χ4v) is 2.18. The average molecular weight is 312 g/mol. The van der Waals surface area contributed by atoms with E-state index in [0.29, 0.717) is 16.3 Å². The highest BCUT2D eigenvalue weighted by molar-refractivity contribution is 6.32. The van der Waals surface area contributed by atoms with E-state index in [1.807, 2.05) is 0 Å². The number of para-hydroxylation sites is 1. The van der Waals surface area contributed by atoms with Gasteiger partial charge in [0.1, 0.15) is 0 Å². The van der Waals surface area contributed by atoms with Crippen LogP contribution in [0.2, 0.25) is 5.02 Å². The molecule has 0 heterocycles. The fraction of sp³-hybridized carbons (Fsp3) is 0.143. The molecule has 0 unspecified atom stereocenters. The minimum Gasteiger partial charge on any atom is -0.448 e. The Labute approximate surface area is 126 Å². The monoisotopic (exact) mass is 311 g/mol. The number of nitro groups is 1. The molecule has 2 aromatic carbocycles. The Morgan fingerprint density at radius 2 is 2.05 bits per heavy atom. The average Bonchev–Trinajstić information content (AvgIpc) is 2.42. The van der Waals surface area contributed by atoms with Crippen molar-refractivity contribution in [3.8, 4) is 11.5 Å². The molecule has 0 aliphatic rings. The van der Waals surface area contributed by atoms with E-state index < -0.39 is 4.92 Å². The Bertz CT molecular complexity index is 659. The first kappa shape index (κ1) is 14.6. The van der Waals surface area contributed by atoms with Gasteiger partial charge in [0.05, 0.1) is 15.8 Å². The van der Waals surface area contributed by atoms with Crippen LogP contribution in [0.5, 0.6) is 11.5 Å². The molecule has 0 aliphatic heterocycles. The molecule has 2 aromatic rings. The molecule has 0 radical (unpaired) electrons. The van der Waals surface area contributed by atoms with Gasteiger partial charge in [0, 0.05) is 11.6 Å². The van der Waals surface area contributed by atoms with Crippen LogP contribution in [-0.2, 0) is 5.88 Å². The Kier molecular flexibility index (Phi) is 4.47. The smallest absolute Gasteiger partial charge is 0.311 e. The van der Waals surface area contributed by atoms with Gasteiger partial charge >= 0.3 is 5.69 Å². The number of halogens is 2. The SMILES string of the molecule is Cc1ccc(Oc2c(Cl)cccc2CCl)c([N+](=O)[O-])c1. The van der Waals surface area contributed by atoms with Crippen LogP contribution in [0.15, 0.2) is 36.4 Å². The van der Waals surface area contributed by atoms with Gasteiger partial charge in [-0.05, 0) is 24.6 Å². The molecular weight excluding hydrogens is 301 g/mol. The summed E-state index contributed by atoms with van der Waals surface area (Å²) in [4.78, 5) is 10.6. The van der Waals surface area contributed by atoms with E-state index in [1.54, 1.807) is 37.3 Å². The van der Waals surface area contributed by atoms with Crippen LogP contribution in [0.25, 0.3) is 0 Å². The maximum Gasteiger partial charge on any atom is 0.311 e. The Morgan fingerprint density at radius 1 is 1.30 bits per heavy atom. The second-order valence-electron chi connectivity index (χ2n) is 4.19. The summed E-state index contributed by atoms with van der Waals surface area (Å²) in [5.74, 6) is 0.687. The molecule has 104 valence electrons. The van der Waals surface area contributed by atoms with Gasteiger partial charge in [-0.1, -0.05) is 29.8 Å². The minimum absolute atomic E-state index is 0.106. The fourth-order valence-electron chi connectivity index (χ4n) is 1.74. The van der Waals surface area contributed by atoms with Gasteiger partial charge < -0.3 is 4.74 Å². The zero-order chi connectivity index (χ0) is 14.7. The third kappa shape index (κ3) is 3.03. The number of nitro benzene ring substituents is 1. The van der Waals surface area contributed by atoms with Crippen molar-refractivity contribution in [1.82, 2.24) is 0 Å². The van der Waals surface area contributed by atoms with Gasteiger partial charge in [-0.3, -0.25) is 10.1 Å². The van der Waals surface area contributed by atoms with Crippen LogP contribution in [0.1, 0.15) is 11.1 Å². The molecule has 20 heavy (non-hydrogen) atoms. The van der Waals surface area contributed by atoms with Crippen LogP contribution < -0.4 is 4.74 Å². The van der Waals surface area contributed by atoms with Crippen molar-refractivity contribution in [2.24, 2.45) is 0 Å². The molecule has 0 N–H and O–H groups in total. The number of aryl methyl sites for hydroxylation is 1. The number of rotatable bonds is 4. The number of nitrogens with zero attached hydrogens (tertiary/aromatic N) is 1. The van der Waals surface area contributed by atoms with Crippen molar-refractivity contribution in [2.45, 2.75) is 12.8 Å². The van der Waals surface area contributed by atoms with Crippen molar-refractivity contribution in [1.29, 1.82) is 0 Å². The lowest BCUT2D eigenvalue weighted by Crippen LogP contribution is -1.96. The highest BCUT2D eigenvalue weighted by Crippen LogP contribution is 2.38. The molecule has 0 saturated carbocycles. The van der Waals surface area contributed by atoms with E-state index >= 15 is 0 Å². The molecule has 6 heteroatoms. The molecule has 0 aromatic heterocycles. The van der Waals surface area contributed by atoms with E-state index in [-0.39, 0.29) is 17.3 Å². The topological polar surface area (TPSA) is 52.4 Å². The molecule has 0 aliphatic carbocycles. The largest absolute Gasteiger partial charge is 0.448 e. The summed E-state index contributed by atoms with van der Waals surface area (Å²) in [6.07, 6.45) is 0. The number of hydrogen-bond acceptors (Lipinski definition) is 3. The molecule has 0 atom stereocenters. The minimum atomic E-state index is -0.487. The molecule has 0 amide bonds. The lowest BCUT2D eigenvalue weighted by molar-refractivity contribution is -0.385. The first-order chi connectivity index (χ1) is 9.52. The van der Waals surface area contributed by atoms with Crippen molar-refractivity contribution in [3.05, 3.63) is 62.7 Å². The summed E-state index contributed by atoms with van der Waals surface area (Å²) < 4.78 is 5.62. The van der Waals surface area contributed by atoms with Crippen LogP contribution >= 0.6 is 23.2 Å². The van der Waals surface area contributed by atoms with Crippen molar-refractivity contribution >= 4 is 28.9 Å². The summed E-state index contributed by atoms with van der Waals surface area (Å²) in [6.45, 7) is 1.77. The highest BCUT2D eigenvalue weighted by Gasteiger charge is 2.18. The molecule has 0 fully saturated rings. The summed E-state index contributed by atoms with van der Waals surface area (Å²) >= 11 is 11.9. The number of hydrogen-bond donors (Lipinski definition) is 0. The molecule has 4 nitrogen and oxygen atoms in total. The predicted octanol–water partition coefficient (Wildman–Crippen LogP) is 5.09. The first-order valence-corrected chi connectivity index (χ1v) is 6.70. The van der Waals surface area contributed by atoms with Crippen LogP contribution in [0.3, 0.4) is 0 Å². The maximum atomic E-state index is 11.1. The van der Waals surface area contributed by atoms with E-state index in [0.717, 1.165) is 5.56 Å². The molecular formula is C14H11Cl2NO3. The zero-order valence-corrected chi connectivity index (χ0v) is 12.1. The second-order valence-corrected chi connectivity index (χ2v) is 4.87. The molecule has 0 bridgehead atoms. The Morgan fingerprint density at radius 3 is 2.70 bits per heavy atom. The van der Waals surface area contributed by atoms with Crippen molar-refractivity contribution < 1.29 is 9.66 Å². The molecule has 2 rings (SSSR count). The zero-order valence-electron chi connectivity index (χ0n) is 10.6. The van der Waals surface area contributed by atoms with E-state index in [2.05, 4.69) is 0 Å². The van der Waals surface area contributed by atoms with E-state index in [4.69, 9.17) is 27.9 Å². The van der Waals surface area contributed by atoms with Crippen molar-refractivity contribution in [3.63, 3.8) is 0 Å². The normalized spacial score (nSPS) is 10.3. The van der Waals surface area contributed by atoms with Gasteiger partial charge in [0.25, 0.3) is 0 Å². The van der Waals surface area contributed by atoms with Gasteiger partial charge in [0.2, 0.25) is 5.75 Å². The van der Waals surface area contributed by atoms with E-state index in [9.17, 15) is 10.1 Å². The summed E-state index contributed by atoms with van der Waals surface area (Å²) in [5.41, 5.74) is 1.35. The Balaban J connectivity index is 2.48. The first-order valence-electron chi connectivity index (χ1n) is 5.79. The van der Waals surface area contributed by atoms with Crippen LogP contribution in [-0.4, -0.2) is 4.92 Å². The van der Waals surface area contributed by atoms with Crippen LogP contribution in [0, 0.1) is 17.0 Å². The van der Waals surface area contributed by atoms with Gasteiger partial charge in [-0.25, -0.2) is 0 Å². The quantitative estimate of drug-likeness (QED) is 0.449. The van der Waals surface area contributed by atoms with Crippen LogP contribution in [0.4, 0.5) is 5.69 Å². The van der Waals surface area contributed by atoms with Gasteiger partial charge in [-0.15, -0.1) is 11.6 Å². The lowest BCUT2D eigenvalue weighted by Gasteiger charge is -2.11. The maximum absolute atomic E-state index is 11.1. The number of benzene rings is 2. The predicted molar refractivity (Wildman–Crippen MR) is 78.9 cm³/mol. The lowest BCUT2D eigenvalue weighted by atomic mass is 10.2. The standard InChI is InChI=1S/C14H11Cl2NO3/c1-9-5-6-13(12(7-9)17(18)19)20-14-10(8-15)3-2-4-11(14)16/h2-7H,8H2,1H3. The highest BCUT2D eigenvalue weighted by atomic mass is 35.5. The Hall–Kier alpha value is -1.78. The molecule has 0 saturated heterocycles. The van der Waals surface area contributed by atoms with Crippen molar-refractivity contribution in [2.75, 3.05) is 0 Å². The van der Waals surface area contributed by atoms with Gasteiger partial charge in [-0.2, -0.15) is 0 Å². The third-order valence-corrected chi connectivity index (χ3v) is 3.30. The third-order valence-electron chi connectivity index (χ3n) is 2.72. The summed E-state index contributed by atoms with van der Waals surface area (Å²) in [7, 11) is 0. The summed E-state index contributed by atoms with van der Waals surface area (Å²) in [5, 5.41) is 11.4. The summed E-state index contributed by atoms with van der Waals surface area (Å²) in [6, 6.07) is 9.89. The molecule has 0 spiro atoms. The number of ether oxygens (including phenoxy) is 1. The van der Waals surface area contributed by atoms with Gasteiger partial charge in [0.15, 0.2) is 5.75 Å². The van der Waals surface area contributed by atoms with E-state index in [1.165, 1.54) is 6.07 Å². The second kappa shape index (κ2) is 6.11.